The monoisotopic (exact) mass is 336 g/mol. The van der Waals surface area contributed by atoms with Crippen molar-refractivity contribution in [1.29, 1.82) is 0 Å². The third kappa shape index (κ3) is 2.45. The fraction of sp³-hybridized carbons (Fsp3) is 0.316. The van der Waals surface area contributed by atoms with Crippen LogP contribution in [0.25, 0.3) is 11.0 Å². The molecule has 3 aromatic rings. The summed E-state index contributed by atoms with van der Waals surface area (Å²) in [6, 6.07) is 8.07. The van der Waals surface area contributed by atoms with Crippen LogP contribution in [0, 0.1) is 5.92 Å². The molecule has 0 unspecified atom stereocenters. The summed E-state index contributed by atoms with van der Waals surface area (Å²) >= 11 is 0. The summed E-state index contributed by atoms with van der Waals surface area (Å²) in [7, 11) is 3.39. The van der Waals surface area contributed by atoms with E-state index in [-0.39, 0.29) is 5.91 Å². The lowest BCUT2D eigenvalue weighted by atomic mass is 9.93. The van der Waals surface area contributed by atoms with Crippen LogP contribution < -0.4 is 9.64 Å². The standard InChI is InChI=1S/C19H20N4O2/c1-12-8-13-6-4-5-7-16(13)23(11-12)19(24)15-9-20-18-14(17(15)25-3)10-21-22(18)2/h4-7,9-10,12H,8,11H2,1-3H3/t12-/m0/s1. The number of methoxy groups -OCH3 is 1. The summed E-state index contributed by atoms with van der Waals surface area (Å²) in [5, 5.41) is 4.96. The predicted molar refractivity (Wildman–Crippen MR) is 96.0 cm³/mol. The average molecular weight is 336 g/mol. The molecule has 3 heterocycles. The topological polar surface area (TPSA) is 60.2 Å². The summed E-state index contributed by atoms with van der Waals surface area (Å²) in [6.45, 7) is 2.85. The number of aryl methyl sites for hydroxylation is 1. The number of benzene rings is 1. The van der Waals surface area contributed by atoms with Crippen molar-refractivity contribution >= 4 is 22.6 Å². The molecule has 1 amide bonds. The Labute approximate surface area is 146 Å². The van der Waals surface area contributed by atoms with E-state index in [1.165, 1.54) is 5.56 Å². The molecule has 1 aliphatic heterocycles. The van der Waals surface area contributed by atoms with Crippen LogP contribution in [0.1, 0.15) is 22.8 Å². The molecule has 0 fully saturated rings. The molecular formula is C19H20N4O2. The maximum Gasteiger partial charge on any atom is 0.263 e. The number of aromatic nitrogens is 3. The van der Waals surface area contributed by atoms with E-state index in [0.29, 0.717) is 29.4 Å². The van der Waals surface area contributed by atoms with Gasteiger partial charge in [0.05, 0.1) is 18.7 Å². The average Bonchev–Trinajstić information content (AvgIpc) is 3.00. The molecule has 0 radical (unpaired) electrons. The number of hydrogen-bond donors (Lipinski definition) is 0. The van der Waals surface area contributed by atoms with Gasteiger partial charge in [-0.2, -0.15) is 5.10 Å². The Hall–Kier alpha value is -2.89. The Bertz CT molecular complexity index is 963. The highest BCUT2D eigenvalue weighted by Crippen LogP contribution is 2.34. The molecule has 1 atom stereocenters. The minimum absolute atomic E-state index is 0.0888. The third-order valence-electron chi connectivity index (χ3n) is 4.74. The first-order valence-corrected chi connectivity index (χ1v) is 8.34. The molecule has 0 saturated carbocycles. The largest absolute Gasteiger partial charge is 0.495 e. The van der Waals surface area contributed by atoms with Crippen LogP contribution in [-0.2, 0) is 13.5 Å². The first-order valence-electron chi connectivity index (χ1n) is 8.34. The van der Waals surface area contributed by atoms with Crippen molar-refractivity contribution in [3.63, 3.8) is 0 Å². The van der Waals surface area contributed by atoms with Gasteiger partial charge in [-0.25, -0.2) is 4.98 Å². The minimum Gasteiger partial charge on any atom is -0.495 e. The van der Waals surface area contributed by atoms with E-state index in [4.69, 9.17) is 4.74 Å². The molecule has 0 bridgehead atoms. The molecule has 128 valence electrons. The Morgan fingerprint density at radius 3 is 2.88 bits per heavy atom. The van der Waals surface area contributed by atoms with Crippen LogP contribution >= 0.6 is 0 Å². The second-order valence-corrected chi connectivity index (χ2v) is 6.56. The van der Waals surface area contributed by atoms with Gasteiger partial charge in [-0.05, 0) is 24.0 Å². The lowest BCUT2D eigenvalue weighted by Crippen LogP contribution is -2.39. The number of rotatable bonds is 2. The number of fused-ring (bicyclic) bond motifs is 2. The first kappa shape index (κ1) is 15.6. The maximum atomic E-state index is 13.3. The number of amides is 1. The van der Waals surface area contributed by atoms with E-state index in [0.717, 1.165) is 17.5 Å². The zero-order valence-corrected chi connectivity index (χ0v) is 14.6. The zero-order valence-electron chi connectivity index (χ0n) is 14.6. The fourth-order valence-corrected chi connectivity index (χ4v) is 3.58. The fourth-order valence-electron chi connectivity index (χ4n) is 3.58. The van der Waals surface area contributed by atoms with E-state index in [9.17, 15) is 4.79 Å². The van der Waals surface area contributed by atoms with Gasteiger partial charge in [-0.1, -0.05) is 25.1 Å². The van der Waals surface area contributed by atoms with Gasteiger partial charge in [0.25, 0.3) is 5.91 Å². The molecule has 0 aliphatic carbocycles. The summed E-state index contributed by atoms with van der Waals surface area (Å²) in [5.41, 5.74) is 3.33. The van der Waals surface area contributed by atoms with E-state index in [2.05, 4.69) is 23.1 Å². The number of pyridine rings is 1. The van der Waals surface area contributed by atoms with Crippen LogP contribution in [0.4, 0.5) is 5.69 Å². The van der Waals surface area contributed by atoms with Gasteiger partial charge in [-0.15, -0.1) is 0 Å². The van der Waals surface area contributed by atoms with Crippen LogP contribution in [0.3, 0.4) is 0 Å². The molecule has 1 aliphatic rings. The van der Waals surface area contributed by atoms with Crippen molar-refractivity contribution in [3.8, 4) is 5.75 Å². The number of anilines is 1. The minimum atomic E-state index is -0.0888. The van der Waals surface area contributed by atoms with Gasteiger partial charge < -0.3 is 9.64 Å². The third-order valence-corrected chi connectivity index (χ3v) is 4.74. The molecule has 6 heteroatoms. The van der Waals surface area contributed by atoms with Gasteiger partial charge in [0.1, 0.15) is 11.3 Å². The smallest absolute Gasteiger partial charge is 0.263 e. The number of carbonyl (C=O) groups is 1. The van der Waals surface area contributed by atoms with E-state index >= 15 is 0 Å². The molecule has 0 spiro atoms. The molecule has 2 aromatic heterocycles. The highest BCUT2D eigenvalue weighted by molar-refractivity contribution is 6.10. The lowest BCUT2D eigenvalue weighted by molar-refractivity contribution is 0.0978. The Morgan fingerprint density at radius 2 is 2.08 bits per heavy atom. The second-order valence-electron chi connectivity index (χ2n) is 6.56. The van der Waals surface area contributed by atoms with Crippen molar-refractivity contribution in [2.75, 3.05) is 18.6 Å². The van der Waals surface area contributed by atoms with Crippen LogP contribution in [0.2, 0.25) is 0 Å². The highest BCUT2D eigenvalue weighted by Gasteiger charge is 2.29. The molecule has 4 rings (SSSR count). The molecule has 6 nitrogen and oxygen atoms in total. The van der Waals surface area contributed by atoms with Crippen molar-refractivity contribution in [2.45, 2.75) is 13.3 Å². The van der Waals surface area contributed by atoms with Gasteiger partial charge in [0, 0.05) is 25.5 Å². The van der Waals surface area contributed by atoms with Crippen LogP contribution in [-0.4, -0.2) is 34.3 Å². The van der Waals surface area contributed by atoms with E-state index in [1.807, 2.05) is 30.1 Å². The van der Waals surface area contributed by atoms with Gasteiger partial charge >= 0.3 is 0 Å². The van der Waals surface area contributed by atoms with Crippen LogP contribution in [0.15, 0.2) is 36.7 Å². The van der Waals surface area contributed by atoms with E-state index < -0.39 is 0 Å². The molecule has 0 N–H and O–H groups in total. The first-order chi connectivity index (χ1) is 12.1. The summed E-state index contributed by atoms with van der Waals surface area (Å²) < 4.78 is 7.23. The van der Waals surface area contributed by atoms with Gasteiger partial charge in [0.2, 0.25) is 0 Å². The van der Waals surface area contributed by atoms with Crippen molar-refractivity contribution in [3.05, 3.63) is 47.8 Å². The molecule has 0 saturated heterocycles. The SMILES string of the molecule is COc1c(C(=O)N2C[C@@H](C)Cc3ccccc32)cnc2c1cnn2C. The zero-order chi connectivity index (χ0) is 17.6. The maximum absolute atomic E-state index is 13.3. The number of para-hydroxylation sites is 1. The molecule has 25 heavy (non-hydrogen) atoms. The molecular weight excluding hydrogens is 316 g/mol. The number of ether oxygens (including phenoxy) is 1. The van der Waals surface area contributed by atoms with Gasteiger partial charge in [0.15, 0.2) is 5.65 Å². The highest BCUT2D eigenvalue weighted by atomic mass is 16.5. The Morgan fingerprint density at radius 1 is 1.28 bits per heavy atom. The Kier molecular flexibility index (Phi) is 3.67. The molecule has 1 aromatic carbocycles. The summed E-state index contributed by atoms with van der Waals surface area (Å²) in [5.74, 6) is 0.841. The van der Waals surface area contributed by atoms with E-state index in [1.54, 1.807) is 24.2 Å². The number of nitrogens with zero attached hydrogens (tertiary/aromatic N) is 4. The quantitative estimate of drug-likeness (QED) is 0.722. The Balaban J connectivity index is 1.83. The number of carbonyl (C=O) groups excluding carboxylic acids is 1. The normalized spacial score (nSPS) is 16.8. The lowest BCUT2D eigenvalue weighted by Gasteiger charge is -2.33. The number of hydrogen-bond acceptors (Lipinski definition) is 4. The second kappa shape index (κ2) is 5.88. The van der Waals surface area contributed by atoms with Gasteiger partial charge in [-0.3, -0.25) is 9.48 Å². The van der Waals surface area contributed by atoms with Crippen molar-refractivity contribution < 1.29 is 9.53 Å². The predicted octanol–water partition coefficient (Wildman–Crippen LogP) is 2.82. The summed E-state index contributed by atoms with van der Waals surface area (Å²) in [6.07, 6.45) is 4.26. The summed E-state index contributed by atoms with van der Waals surface area (Å²) in [4.78, 5) is 19.6. The van der Waals surface area contributed by atoms with Crippen molar-refractivity contribution in [2.24, 2.45) is 13.0 Å². The van der Waals surface area contributed by atoms with Crippen molar-refractivity contribution in [1.82, 2.24) is 14.8 Å². The van der Waals surface area contributed by atoms with Crippen LogP contribution in [0.5, 0.6) is 5.75 Å².